The Labute approximate surface area is 149 Å². The summed E-state index contributed by atoms with van der Waals surface area (Å²) >= 11 is 7.01. The first-order valence-electron chi connectivity index (χ1n) is 7.44. The number of urea groups is 1. The molecule has 0 saturated heterocycles. The highest BCUT2D eigenvalue weighted by molar-refractivity contribution is 7.17. The summed E-state index contributed by atoms with van der Waals surface area (Å²) in [6.45, 7) is 6.37. The molecule has 2 rings (SSSR count). The first kappa shape index (κ1) is 18.2. The zero-order valence-corrected chi connectivity index (χ0v) is 15.2. The molecule has 1 heterocycles. The van der Waals surface area contributed by atoms with Gasteiger partial charge in [-0.15, -0.1) is 0 Å². The van der Waals surface area contributed by atoms with Gasteiger partial charge in [0.25, 0.3) is 5.91 Å². The summed E-state index contributed by atoms with van der Waals surface area (Å²) in [6, 6.07) is 6.38. The molecule has 0 fully saturated rings. The number of nitrogens with one attached hydrogen (secondary N) is 3. The van der Waals surface area contributed by atoms with Crippen LogP contribution >= 0.6 is 22.9 Å². The number of anilines is 2. The number of carbonyl (C=O) groups is 2. The maximum atomic E-state index is 12.1. The molecule has 1 aromatic carbocycles. The minimum Gasteiger partial charge on any atom is -0.351 e. The maximum Gasteiger partial charge on any atom is 0.325 e. The van der Waals surface area contributed by atoms with E-state index < -0.39 is 6.03 Å². The Morgan fingerprint density at radius 1 is 1.29 bits per heavy atom. The van der Waals surface area contributed by atoms with Crippen LogP contribution in [0.1, 0.15) is 29.2 Å². The van der Waals surface area contributed by atoms with Gasteiger partial charge < -0.3 is 10.6 Å². The quantitative estimate of drug-likeness (QED) is 0.743. The van der Waals surface area contributed by atoms with Gasteiger partial charge in [0, 0.05) is 17.3 Å². The molecule has 8 heteroatoms. The second kappa shape index (κ2) is 8.12. The van der Waals surface area contributed by atoms with Crippen molar-refractivity contribution in [3.8, 4) is 0 Å². The maximum absolute atomic E-state index is 12.1. The minimum absolute atomic E-state index is 0.179. The average Bonchev–Trinajstić information content (AvgIpc) is 2.85. The van der Waals surface area contributed by atoms with E-state index in [1.807, 2.05) is 13.8 Å². The molecular weight excluding hydrogens is 348 g/mol. The van der Waals surface area contributed by atoms with Crippen LogP contribution in [0.3, 0.4) is 0 Å². The zero-order chi connectivity index (χ0) is 17.7. The number of amides is 3. The van der Waals surface area contributed by atoms with Gasteiger partial charge in [0.1, 0.15) is 4.88 Å². The Bertz CT molecular complexity index is 745. The standard InChI is InChI=1S/C16H19ClN4O2S/c1-9(2)8-18-14(22)13-10(3)19-16(24-13)21-15(23)20-12-6-4-5-11(17)7-12/h4-7,9H,8H2,1-3H3,(H,18,22)(H2,19,20,21,23). The Kier molecular flexibility index (Phi) is 6.16. The van der Waals surface area contributed by atoms with Crippen molar-refractivity contribution in [2.24, 2.45) is 5.92 Å². The largest absolute Gasteiger partial charge is 0.351 e. The number of aryl methyl sites for hydroxylation is 1. The van der Waals surface area contributed by atoms with E-state index in [1.165, 1.54) is 0 Å². The Morgan fingerprint density at radius 3 is 2.71 bits per heavy atom. The smallest absolute Gasteiger partial charge is 0.325 e. The Hall–Kier alpha value is -2.12. The molecule has 6 nitrogen and oxygen atoms in total. The molecule has 0 aliphatic carbocycles. The number of rotatable bonds is 5. The molecule has 2 aromatic rings. The van der Waals surface area contributed by atoms with Crippen LogP contribution in [0, 0.1) is 12.8 Å². The van der Waals surface area contributed by atoms with Crippen molar-refractivity contribution in [3.63, 3.8) is 0 Å². The number of hydrogen-bond acceptors (Lipinski definition) is 4. The molecule has 0 saturated carbocycles. The van der Waals surface area contributed by atoms with Gasteiger partial charge in [-0.25, -0.2) is 9.78 Å². The lowest BCUT2D eigenvalue weighted by atomic mass is 10.2. The number of benzene rings is 1. The van der Waals surface area contributed by atoms with Crippen LogP contribution in [0.4, 0.5) is 15.6 Å². The van der Waals surface area contributed by atoms with E-state index >= 15 is 0 Å². The van der Waals surface area contributed by atoms with E-state index in [-0.39, 0.29) is 5.91 Å². The molecule has 128 valence electrons. The molecular formula is C16H19ClN4O2S. The van der Waals surface area contributed by atoms with E-state index in [1.54, 1.807) is 31.2 Å². The lowest BCUT2D eigenvalue weighted by Gasteiger charge is -2.06. The highest BCUT2D eigenvalue weighted by atomic mass is 35.5. The highest BCUT2D eigenvalue weighted by Crippen LogP contribution is 2.23. The lowest BCUT2D eigenvalue weighted by Crippen LogP contribution is -2.27. The summed E-state index contributed by atoms with van der Waals surface area (Å²) in [7, 11) is 0. The summed E-state index contributed by atoms with van der Waals surface area (Å²) in [4.78, 5) is 28.8. The molecule has 0 radical (unpaired) electrons. The highest BCUT2D eigenvalue weighted by Gasteiger charge is 2.16. The predicted octanol–water partition coefficient (Wildman–Crippen LogP) is 4.13. The zero-order valence-electron chi connectivity index (χ0n) is 13.6. The monoisotopic (exact) mass is 366 g/mol. The fourth-order valence-corrected chi connectivity index (χ4v) is 2.93. The van der Waals surface area contributed by atoms with Gasteiger partial charge in [-0.3, -0.25) is 10.1 Å². The summed E-state index contributed by atoms with van der Waals surface area (Å²) in [5.41, 5.74) is 1.16. The molecule has 0 unspecified atom stereocenters. The van der Waals surface area contributed by atoms with Crippen molar-refractivity contribution >= 4 is 45.7 Å². The molecule has 0 atom stereocenters. The molecule has 1 aromatic heterocycles. The average molecular weight is 367 g/mol. The number of carbonyl (C=O) groups excluding carboxylic acids is 2. The van der Waals surface area contributed by atoms with Gasteiger partial charge >= 0.3 is 6.03 Å². The van der Waals surface area contributed by atoms with Gasteiger partial charge in [0.05, 0.1) is 5.69 Å². The van der Waals surface area contributed by atoms with Crippen LogP contribution in [0.2, 0.25) is 5.02 Å². The van der Waals surface area contributed by atoms with Gasteiger partial charge in [0.2, 0.25) is 0 Å². The Balaban J connectivity index is 1.99. The molecule has 0 spiro atoms. The SMILES string of the molecule is Cc1nc(NC(=O)Nc2cccc(Cl)c2)sc1C(=O)NCC(C)C. The van der Waals surface area contributed by atoms with Gasteiger partial charge in [0.15, 0.2) is 5.13 Å². The molecule has 24 heavy (non-hydrogen) atoms. The number of hydrogen-bond donors (Lipinski definition) is 3. The van der Waals surface area contributed by atoms with E-state index in [4.69, 9.17) is 11.6 Å². The van der Waals surface area contributed by atoms with Crippen LogP contribution in [-0.4, -0.2) is 23.5 Å². The number of thiazole rings is 1. The van der Waals surface area contributed by atoms with Crippen LogP contribution < -0.4 is 16.0 Å². The third-order valence-electron chi connectivity index (χ3n) is 2.98. The predicted molar refractivity (Wildman–Crippen MR) is 98.1 cm³/mol. The Morgan fingerprint density at radius 2 is 2.04 bits per heavy atom. The lowest BCUT2D eigenvalue weighted by molar-refractivity contribution is 0.0952. The first-order chi connectivity index (χ1) is 11.3. The van der Waals surface area contributed by atoms with Crippen molar-refractivity contribution in [1.29, 1.82) is 0 Å². The van der Waals surface area contributed by atoms with Crippen LogP contribution in [-0.2, 0) is 0 Å². The van der Waals surface area contributed by atoms with Crippen molar-refractivity contribution in [1.82, 2.24) is 10.3 Å². The van der Waals surface area contributed by atoms with E-state index in [9.17, 15) is 9.59 Å². The van der Waals surface area contributed by atoms with Crippen molar-refractivity contribution in [2.45, 2.75) is 20.8 Å². The normalized spacial score (nSPS) is 10.5. The van der Waals surface area contributed by atoms with Crippen molar-refractivity contribution < 1.29 is 9.59 Å². The number of halogens is 1. The number of aromatic nitrogens is 1. The van der Waals surface area contributed by atoms with Crippen LogP contribution in [0.15, 0.2) is 24.3 Å². The molecule has 0 aliphatic rings. The van der Waals surface area contributed by atoms with E-state index in [2.05, 4.69) is 20.9 Å². The van der Waals surface area contributed by atoms with E-state index in [0.717, 1.165) is 11.3 Å². The van der Waals surface area contributed by atoms with Gasteiger partial charge in [-0.2, -0.15) is 0 Å². The second-order valence-electron chi connectivity index (χ2n) is 5.63. The fourth-order valence-electron chi connectivity index (χ4n) is 1.86. The third-order valence-corrected chi connectivity index (χ3v) is 4.28. The summed E-state index contributed by atoms with van der Waals surface area (Å²) in [5, 5.41) is 9.02. The van der Waals surface area contributed by atoms with Gasteiger partial charge in [-0.05, 0) is 31.0 Å². The molecule has 3 amide bonds. The van der Waals surface area contributed by atoms with E-state index in [0.29, 0.717) is 38.9 Å². The van der Waals surface area contributed by atoms with Crippen molar-refractivity contribution in [3.05, 3.63) is 39.9 Å². The fraction of sp³-hybridized carbons (Fsp3) is 0.312. The molecule has 0 bridgehead atoms. The van der Waals surface area contributed by atoms with Crippen LogP contribution in [0.25, 0.3) is 0 Å². The topological polar surface area (TPSA) is 83.1 Å². The molecule has 0 aliphatic heterocycles. The third kappa shape index (κ3) is 5.21. The summed E-state index contributed by atoms with van der Waals surface area (Å²) in [5.74, 6) is 0.185. The van der Waals surface area contributed by atoms with Crippen molar-refractivity contribution in [2.75, 3.05) is 17.2 Å². The number of nitrogens with zero attached hydrogens (tertiary/aromatic N) is 1. The van der Waals surface area contributed by atoms with Gasteiger partial charge in [-0.1, -0.05) is 42.9 Å². The molecule has 3 N–H and O–H groups in total. The summed E-state index contributed by atoms with van der Waals surface area (Å²) < 4.78 is 0. The summed E-state index contributed by atoms with van der Waals surface area (Å²) in [6.07, 6.45) is 0. The van der Waals surface area contributed by atoms with Crippen LogP contribution in [0.5, 0.6) is 0 Å². The first-order valence-corrected chi connectivity index (χ1v) is 8.64. The second-order valence-corrected chi connectivity index (χ2v) is 7.06. The minimum atomic E-state index is -0.444.